The molecule has 234 valence electrons. The van der Waals surface area contributed by atoms with Gasteiger partial charge in [-0.15, -0.1) is 0 Å². The van der Waals surface area contributed by atoms with Crippen LogP contribution in [-0.4, -0.2) is 39.0 Å². The van der Waals surface area contributed by atoms with Crippen LogP contribution in [0.3, 0.4) is 0 Å². The van der Waals surface area contributed by atoms with Crippen LogP contribution in [0.2, 0.25) is 10.0 Å². The highest BCUT2D eigenvalue weighted by atomic mass is 35.5. The molecule has 1 aromatic heterocycles. The molecular formula is C32H34Cl2N2O7S. The lowest BCUT2D eigenvalue weighted by molar-refractivity contribution is -0.158. The zero-order valence-electron chi connectivity index (χ0n) is 25.4. The average molecular weight is 662 g/mol. The number of benzene rings is 3. The predicted octanol–water partition coefficient (Wildman–Crippen LogP) is 7.62. The fourth-order valence-electron chi connectivity index (χ4n) is 4.55. The number of furan rings is 1. The summed E-state index contributed by atoms with van der Waals surface area (Å²) in [6, 6.07) is 13.7. The molecule has 0 bridgehead atoms. The fraction of sp³-hybridized carbons (Fsp3) is 0.312. The highest BCUT2D eigenvalue weighted by Crippen LogP contribution is 2.42. The molecule has 0 aliphatic heterocycles. The van der Waals surface area contributed by atoms with Crippen molar-refractivity contribution >= 4 is 61.8 Å². The number of methoxy groups -OCH3 is 1. The second-order valence-electron chi connectivity index (χ2n) is 11.6. The minimum atomic E-state index is -4.00. The topological polar surface area (TPSA) is 124 Å². The van der Waals surface area contributed by atoms with E-state index >= 15 is 0 Å². The predicted molar refractivity (Wildman–Crippen MR) is 172 cm³/mol. The Morgan fingerprint density at radius 3 is 2.02 bits per heavy atom. The molecule has 1 heterocycles. The molecule has 0 spiro atoms. The standard InChI is InChI=1S/C32H34Cl2N2O7S/c1-17(2)26(31(38)43-32(4,5)6)36-44(39,40)22-14-10-20(11-15-22)19-8-12-21(13-9-19)35-30(37)27-18(3)25-28(41-7)23(33)16-24(34)29(25)42-27/h8-17,26,36H,1-7H3,(H,35,37). The highest BCUT2D eigenvalue weighted by Gasteiger charge is 2.32. The summed E-state index contributed by atoms with van der Waals surface area (Å²) in [6.45, 7) is 10.4. The van der Waals surface area contributed by atoms with Crippen LogP contribution >= 0.6 is 23.2 Å². The van der Waals surface area contributed by atoms with Crippen molar-refractivity contribution in [2.45, 2.75) is 58.1 Å². The Balaban J connectivity index is 1.49. The molecule has 12 heteroatoms. The van der Waals surface area contributed by atoms with E-state index in [1.807, 2.05) is 0 Å². The average Bonchev–Trinajstić information content (AvgIpc) is 3.29. The number of esters is 1. The number of anilines is 1. The number of ether oxygens (including phenoxy) is 2. The van der Waals surface area contributed by atoms with Gasteiger partial charge in [-0.05, 0) is 75.1 Å². The van der Waals surface area contributed by atoms with Gasteiger partial charge in [0.25, 0.3) is 5.91 Å². The largest absolute Gasteiger partial charge is 0.494 e. The Morgan fingerprint density at radius 1 is 0.932 bits per heavy atom. The van der Waals surface area contributed by atoms with Crippen molar-refractivity contribution in [2.24, 2.45) is 5.92 Å². The monoisotopic (exact) mass is 660 g/mol. The molecule has 1 amide bonds. The molecule has 44 heavy (non-hydrogen) atoms. The van der Waals surface area contributed by atoms with Crippen molar-refractivity contribution in [1.29, 1.82) is 0 Å². The second-order valence-corrected chi connectivity index (χ2v) is 14.1. The molecule has 0 saturated heterocycles. The van der Waals surface area contributed by atoms with Gasteiger partial charge in [-0.3, -0.25) is 9.59 Å². The number of hydrogen-bond acceptors (Lipinski definition) is 7. The first-order valence-corrected chi connectivity index (χ1v) is 16.0. The van der Waals surface area contributed by atoms with E-state index in [0.717, 1.165) is 11.1 Å². The van der Waals surface area contributed by atoms with Crippen molar-refractivity contribution in [2.75, 3.05) is 12.4 Å². The molecule has 0 aliphatic rings. The maximum Gasteiger partial charge on any atom is 0.324 e. The van der Waals surface area contributed by atoms with Gasteiger partial charge >= 0.3 is 5.97 Å². The molecule has 3 aromatic carbocycles. The van der Waals surface area contributed by atoms with Gasteiger partial charge in [0.05, 0.1) is 27.4 Å². The normalized spacial score (nSPS) is 12.8. The third-order valence-corrected chi connectivity index (χ3v) is 8.74. The van der Waals surface area contributed by atoms with Gasteiger partial charge in [0.1, 0.15) is 17.4 Å². The number of hydrogen-bond donors (Lipinski definition) is 2. The van der Waals surface area contributed by atoms with Crippen LogP contribution in [0.25, 0.3) is 22.1 Å². The van der Waals surface area contributed by atoms with E-state index in [1.165, 1.54) is 25.3 Å². The van der Waals surface area contributed by atoms with Gasteiger partial charge in [0.2, 0.25) is 10.0 Å². The van der Waals surface area contributed by atoms with E-state index in [-0.39, 0.29) is 21.6 Å². The highest BCUT2D eigenvalue weighted by molar-refractivity contribution is 7.89. The van der Waals surface area contributed by atoms with Crippen LogP contribution in [0, 0.1) is 12.8 Å². The lowest BCUT2D eigenvalue weighted by atomic mass is 10.1. The van der Waals surface area contributed by atoms with Crippen molar-refractivity contribution in [3.05, 3.63) is 76.0 Å². The van der Waals surface area contributed by atoms with Gasteiger partial charge in [0.15, 0.2) is 11.3 Å². The number of sulfonamides is 1. The molecule has 9 nitrogen and oxygen atoms in total. The van der Waals surface area contributed by atoms with Crippen LogP contribution in [0.4, 0.5) is 5.69 Å². The molecule has 4 rings (SSSR count). The number of nitrogens with one attached hydrogen (secondary N) is 2. The summed E-state index contributed by atoms with van der Waals surface area (Å²) in [4.78, 5) is 25.8. The van der Waals surface area contributed by atoms with Crippen LogP contribution in [-0.2, 0) is 19.6 Å². The summed E-state index contributed by atoms with van der Waals surface area (Å²) in [5, 5.41) is 3.90. The molecular weight excluding hydrogens is 627 g/mol. The molecule has 4 aromatic rings. The SMILES string of the molecule is COc1c(Cl)cc(Cl)c2oc(C(=O)Nc3ccc(-c4ccc(S(=O)(=O)NC(C(=O)OC(C)(C)C)C(C)C)cc4)cc3)c(C)c12. The Hall–Kier alpha value is -3.57. The summed E-state index contributed by atoms with van der Waals surface area (Å²) in [5.41, 5.74) is 2.14. The minimum absolute atomic E-state index is 0.0126. The minimum Gasteiger partial charge on any atom is -0.494 e. The Bertz CT molecular complexity index is 1810. The zero-order chi connectivity index (χ0) is 32.6. The van der Waals surface area contributed by atoms with Crippen molar-refractivity contribution in [1.82, 2.24) is 4.72 Å². The first kappa shape index (κ1) is 33.3. The zero-order valence-corrected chi connectivity index (χ0v) is 27.7. The summed E-state index contributed by atoms with van der Waals surface area (Å²) in [5.74, 6) is -0.999. The van der Waals surface area contributed by atoms with Gasteiger partial charge in [0, 0.05) is 11.3 Å². The van der Waals surface area contributed by atoms with Crippen molar-refractivity contribution in [3.8, 4) is 16.9 Å². The first-order chi connectivity index (χ1) is 20.5. The number of halogens is 2. The molecule has 0 fully saturated rings. The fourth-order valence-corrected chi connectivity index (χ4v) is 6.46. The smallest absolute Gasteiger partial charge is 0.324 e. The Morgan fingerprint density at radius 2 is 1.50 bits per heavy atom. The maximum absolute atomic E-state index is 13.1. The second kappa shape index (κ2) is 12.8. The van der Waals surface area contributed by atoms with E-state index in [2.05, 4.69) is 10.0 Å². The summed E-state index contributed by atoms with van der Waals surface area (Å²) < 4.78 is 45.3. The summed E-state index contributed by atoms with van der Waals surface area (Å²) >= 11 is 12.6. The number of rotatable bonds is 9. The van der Waals surface area contributed by atoms with E-state index < -0.39 is 33.5 Å². The number of aryl methyl sites for hydroxylation is 1. The van der Waals surface area contributed by atoms with Crippen molar-refractivity contribution in [3.63, 3.8) is 0 Å². The van der Waals surface area contributed by atoms with E-state index in [4.69, 9.17) is 37.1 Å². The lowest BCUT2D eigenvalue weighted by Crippen LogP contribution is -2.47. The van der Waals surface area contributed by atoms with E-state index in [0.29, 0.717) is 33.0 Å². The van der Waals surface area contributed by atoms with Crippen LogP contribution < -0.4 is 14.8 Å². The number of carbonyl (C=O) groups is 2. The third-order valence-electron chi connectivity index (χ3n) is 6.72. The van der Waals surface area contributed by atoms with Gasteiger partial charge in [-0.2, -0.15) is 4.72 Å². The molecule has 2 N–H and O–H groups in total. The lowest BCUT2D eigenvalue weighted by Gasteiger charge is -2.26. The Labute approximate surface area is 266 Å². The van der Waals surface area contributed by atoms with E-state index in [9.17, 15) is 18.0 Å². The van der Waals surface area contributed by atoms with Crippen molar-refractivity contribution < 1.29 is 31.9 Å². The molecule has 1 unspecified atom stereocenters. The molecule has 1 atom stereocenters. The summed E-state index contributed by atoms with van der Waals surface area (Å²) in [7, 11) is -2.53. The summed E-state index contributed by atoms with van der Waals surface area (Å²) in [6.07, 6.45) is 0. The van der Waals surface area contributed by atoms with Gasteiger partial charge in [-0.1, -0.05) is 61.3 Å². The maximum atomic E-state index is 13.1. The number of fused-ring (bicyclic) bond motifs is 1. The number of carbonyl (C=O) groups excluding carboxylic acids is 2. The van der Waals surface area contributed by atoms with Gasteiger partial charge < -0.3 is 19.2 Å². The number of amides is 1. The van der Waals surface area contributed by atoms with Crippen LogP contribution in [0.15, 0.2) is 63.9 Å². The molecule has 0 saturated carbocycles. The molecule has 0 aliphatic carbocycles. The first-order valence-electron chi connectivity index (χ1n) is 13.7. The Kier molecular flexibility index (Phi) is 9.70. The van der Waals surface area contributed by atoms with Crippen LogP contribution in [0.5, 0.6) is 5.75 Å². The van der Waals surface area contributed by atoms with Crippen LogP contribution in [0.1, 0.15) is 50.7 Å². The third kappa shape index (κ3) is 7.21. The van der Waals surface area contributed by atoms with E-state index in [1.54, 1.807) is 77.9 Å². The molecule has 0 radical (unpaired) electrons. The van der Waals surface area contributed by atoms with Gasteiger partial charge in [-0.25, -0.2) is 8.42 Å². The quantitative estimate of drug-likeness (QED) is 0.177.